The van der Waals surface area contributed by atoms with Gasteiger partial charge in [-0.15, -0.1) is 0 Å². The smallest absolute Gasteiger partial charge is 0.212 e. The van der Waals surface area contributed by atoms with Crippen molar-refractivity contribution in [3.63, 3.8) is 0 Å². The summed E-state index contributed by atoms with van der Waals surface area (Å²) < 4.78 is 26.6. The van der Waals surface area contributed by atoms with Gasteiger partial charge in [0.1, 0.15) is 0 Å². The Balaban J connectivity index is 2.01. The molecule has 0 amide bonds. The first-order valence-electron chi connectivity index (χ1n) is 6.73. The van der Waals surface area contributed by atoms with E-state index in [0.29, 0.717) is 13.0 Å². The highest BCUT2D eigenvalue weighted by molar-refractivity contribution is 9.09. The standard InChI is InChI=1S/C14H20BrNO2S/c15-12-14-8-4-5-10-16(14)19(17,18)11-9-13-6-2-1-3-7-13/h1-3,6-7,14H,4-5,8-12H2. The van der Waals surface area contributed by atoms with Gasteiger partial charge in [0.15, 0.2) is 0 Å². The molecule has 1 fully saturated rings. The molecule has 0 aromatic heterocycles. The lowest BCUT2D eigenvalue weighted by molar-refractivity contribution is 0.273. The quantitative estimate of drug-likeness (QED) is 0.769. The van der Waals surface area contributed by atoms with Gasteiger partial charge >= 0.3 is 0 Å². The van der Waals surface area contributed by atoms with Gasteiger partial charge in [0, 0.05) is 17.9 Å². The predicted octanol–water partition coefficient (Wildman–Crippen LogP) is 2.81. The minimum absolute atomic E-state index is 0.134. The molecule has 0 N–H and O–H groups in total. The Morgan fingerprint density at radius 1 is 1.21 bits per heavy atom. The largest absolute Gasteiger partial charge is 0.214 e. The number of sulfonamides is 1. The topological polar surface area (TPSA) is 37.4 Å². The third kappa shape index (κ3) is 4.04. The Morgan fingerprint density at radius 3 is 2.63 bits per heavy atom. The van der Waals surface area contributed by atoms with E-state index in [1.807, 2.05) is 30.3 Å². The van der Waals surface area contributed by atoms with Crippen LogP contribution in [0.1, 0.15) is 24.8 Å². The monoisotopic (exact) mass is 345 g/mol. The maximum Gasteiger partial charge on any atom is 0.214 e. The molecule has 0 spiro atoms. The van der Waals surface area contributed by atoms with Crippen LogP contribution in [0.3, 0.4) is 0 Å². The van der Waals surface area contributed by atoms with E-state index in [1.165, 1.54) is 0 Å². The summed E-state index contributed by atoms with van der Waals surface area (Å²) in [5, 5.41) is 0.734. The first-order chi connectivity index (χ1) is 9.13. The molecule has 5 heteroatoms. The zero-order valence-electron chi connectivity index (χ0n) is 11.0. The van der Waals surface area contributed by atoms with Crippen molar-refractivity contribution in [2.45, 2.75) is 31.7 Å². The lowest BCUT2D eigenvalue weighted by Crippen LogP contribution is -2.45. The Morgan fingerprint density at radius 2 is 1.95 bits per heavy atom. The Hall–Kier alpha value is -0.390. The van der Waals surface area contributed by atoms with E-state index in [9.17, 15) is 8.42 Å². The second-order valence-electron chi connectivity index (χ2n) is 4.97. The molecule has 1 atom stereocenters. The molecule has 3 nitrogen and oxygen atoms in total. The molecule has 2 rings (SSSR count). The molecule has 19 heavy (non-hydrogen) atoms. The van der Waals surface area contributed by atoms with Crippen LogP contribution in [0.5, 0.6) is 0 Å². The summed E-state index contributed by atoms with van der Waals surface area (Å²) in [5.74, 6) is 0.209. The van der Waals surface area contributed by atoms with Gasteiger partial charge in [-0.3, -0.25) is 0 Å². The SMILES string of the molecule is O=S(=O)(CCc1ccccc1)N1CCCCC1CBr. The number of hydrogen-bond acceptors (Lipinski definition) is 2. The number of nitrogens with zero attached hydrogens (tertiary/aromatic N) is 1. The molecule has 1 unspecified atom stereocenters. The van der Waals surface area contributed by atoms with Crippen LogP contribution in [0.15, 0.2) is 30.3 Å². The molecule has 1 aliphatic heterocycles. The van der Waals surface area contributed by atoms with Crippen molar-refractivity contribution in [2.24, 2.45) is 0 Å². The Bertz CT molecular complexity index is 489. The van der Waals surface area contributed by atoms with Crippen LogP contribution in [-0.2, 0) is 16.4 Å². The molecule has 0 radical (unpaired) electrons. The van der Waals surface area contributed by atoms with Crippen molar-refractivity contribution in [1.29, 1.82) is 0 Å². The fraction of sp³-hybridized carbons (Fsp3) is 0.571. The number of benzene rings is 1. The fourth-order valence-corrected chi connectivity index (χ4v) is 5.14. The van der Waals surface area contributed by atoms with E-state index in [2.05, 4.69) is 15.9 Å². The van der Waals surface area contributed by atoms with Crippen molar-refractivity contribution in [1.82, 2.24) is 4.31 Å². The van der Waals surface area contributed by atoms with Gasteiger partial charge in [-0.05, 0) is 24.8 Å². The summed E-state index contributed by atoms with van der Waals surface area (Å²) in [5.41, 5.74) is 1.08. The average molecular weight is 346 g/mol. The Kier molecular flexibility index (Phi) is 5.42. The molecule has 1 aromatic rings. The predicted molar refractivity (Wildman–Crippen MR) is 82.1 cm³/mol. The molecule has 0 aliphatic carbocycles. The second kappa shape index (κ2) is 6.86. The molecular weight excluding hydrogens is 326 g/mol. The first kappa shape index (κ1) is 15.0. The van der Waals surface area contributed by atoms with Crippen LogP contribution < -0.4 is 0 Å². The molecule has 1 heterocycles. The summed E-state index contributed by atoms with van der Waals surface area (Å²) in [7, 11) is -3.14. The molecule has 1 aliphatic rings. The number of alkyl halides is 1. The van der Waals surface area contributed by atoms with E-state index >= 15 is 0 Å². The maximum absolute atomic E-state index is 12.4. The van der Waals surface area contributed by atoms with Crippen molar-refractivity contribution in [2.75, 3.05) is 17.6 Å². The van der Waals surface area contributed by atoms with Crippen molar-refractivity contribution in [3.8, 4) is 0 Å². The number of rotatable bonds is 5. The second-order valence-corrected chi connectivity index (χ2v) is 7.65. The van der Waals surface area contributed by atoms with Crippen molar-refractivity contribution in [3.05, 3.63) is 35.9 Å². The molecule has 106 valence electrons. The lowest BCUT2D eigenvalue weighted by atomic mass is 10.1. The van der Waals surface area contributed by atoms with E-state index in [4.69, 9.17) is 0 Å². The number of halogens is 1. The lowest BCUT2D eigenvalue weighted by Gasteiger charge is -2.33. The normalized spacial score (nSPS) is 21.4. The number of hydrogen-bond donors (Lipinski definition) is 0. The number of aryl methyl sites for hydroxylation is 1. The van der Waals surface area contributed by atoms with E-state index in [-0.39, 0.29) is 11.8 Å². The highest BCUT2D eigenvalue weighted by atomic mass is 79.9. The van der Waals surface area contributed by atoms with Crippen LogP contribution in [0, 0.1) is 0 Å². The zero-order chi connectivity index (χ0) is 13.7. The first-order valence-corrected chi connectivity index (χ1v) is 9.46. The van der Waals surface area contributed by atoms with E-state index in [1.54, 1.807) is 4.31 Å². The molecule has 1 aromatic carbocycles. The summed E-state index contributed by atoms with van der Waals surface area (Å²) >= 11 is 3.43. The molecular formula is C14H20BrNO2S. The van der Waals surface area contributed by atoms with Crippen molar-refractivity contribution < 1.29 is 8.42 Å². The number of piperidine rings is 1. The zero-order valence-corrected chi connectivity index (χ0v) is 13.4. The average Bonchev–Trinajstić information content (AvgIpc) is 2.46. The molecule has 0 bridgehead atoms. The van der Waals surface area contributed by atoms with Crippen LogP contribution in [0.4, 0.5) is 0 Å². The maximum atomic E-state index is 12.4. The van der Waals surface area contributed by atoms with Crippen LogP contribution in [0.25, 0.3) is 0 Å². The highest BCUT2D eigenvalue weighted by Crippen LogP contribution is 2.22. The minimum atomic E-state index is -3.14. The third-order valence-corrected chi connectivity index (χ3v) is 6.26. The van der Waals surface area contributed by atoms with Crippen LogP contribution >= 0.6 is 15.9 Å². The summed E-state index contributed by atoms with van der Waals surface area (Å²) in [6.07, 6.45) is 3.67. The Labute approximate surface area is 124 Å². The third-order valence-electron chi connectivity index (χ3n) is 3.60. The molecule has 0 saturated carbocycles. The van der Waals surface area contributed by atoms with E-state index < -0.39 is 10.0 Å². The van der Waals surface area contributed by atoms with E-state index in [0.717, 1.165) is 30.2 Å². The fourth-order valence-electron chi connectivity index (χ4n) is 2.50. The van der Waals surface area contributed by atoms with Gasteiger partial charge < -0.3 is 0 Å². The van der Waals surface area contributed by atoms with Gasteiger partial charge in [0.05, 0.1) is 5.75 Å². The van der Waals surface area contributed by atoms with Gasteiger partial charge in [0.2, 0.25) is 10.0 Å². The molecule has 1 saturated heterocycles. The summed E-state index contributed by atoms with van der Waals surface area (Å²) in [4.78, 5) is 0. The van der Waals surface area contributed by atoms with Gasteiger partial charge in [0.25, 0.3) is 0 Å². The highest BCUT2D eigenvalue weighted by Gasteiger charge is 2.31. The van der Waals surface area contributed by atoms with Crippen LogP contribution in [0.2, 0.25) is 0 Å². The minimum Gasteiger partial charge on any atom is -0.212 e. The van der Waals surface area contributed by atoms with Crippen molar-refractivity contribution >= 4 is 26.0 Å². The summed E-state index contributed by atoms with van der Waals surface area (Å²) in [6.45, 7) is 0.674. The van der Waals surface area contributed by atoms with Gasteiger partial charge in [-0.25, -0.2) is 8.42 Å². The van der Waals surface area contributed by atoms with Gasteiger partial charge in [-0.1, -0.05) is 52.7 Å². The van der Waals surface area contributed by atoms with Gasteiger partial charge in [-0.2, -0.15) is 4.31 Å². The summed E-state index contributed by atoms with van der Waals surface area (Å²) in [6, 6.07) is 9.94. The van der Waals surface area contributed by atoms with Crippen LogP contribution in [-0.4, -0.2) is 36.4 Å².